The average molecular weight is 414 g/mol. The molecule has 0 saturated heterocycles. The monoisotopic (exact) mass is 413 g/mol. The Bertz CT molecular complexity index is 1160. The minimum atomic E-state index is -0.214. The number of nitrogens with zero attached hydrogens (tertiary/aromatic N) is 2. The minimum Gasteiger partial charge on any atom is -0.325 e. The van der Waals surface area contributed by atoms with E-state index in [-0.39, 0.29) is 23.0 Å². The summed E-state index contributed by atoms with van der Waals surface area (Å²) in [6.07, 6.45) is 3.06. The van der Waals surface area contributed by atoms with Gasteiger partial charge in [-0.05, 0) is 43.9 Å². The van der Waals surface area contributed by atoms with E-state index < -0.39 is 0 Å². The fraction of sp³-hybridized carbons (Fsp3) is 0.300. The molecule has 8 heteroatoms. The molecule has 0 unspecified atom stereocenters. The number of thioether (sulfide) groups is 1. The molecule has 0 atom stereocenters. The normalized spacial score (nSPS) is 12.9. The lowest BCUT2D eigenvalue weighted by Gasteiger charge is -2.09. The molecular weight excluding hydrogens is 394 g/mol. The Morgan fingerprint density at radius 2 is 2.14 bits per heavy atom. The van der Waals surface area contributed by atoms with Crippen LogP contribution in [0.15, 0.2) is 34.2 Å². The van der Waals surface area contributed by atoms with Gasteiger partial charge in [-0.1, -0.05) is 23.9 Å². The van der Waals surface area contributed by atoms with Crippen molar-refractivity contribution in [3.63, 3.8) is 0 Å². The number of carbonyl (C=O) groups is 2. The summed E-state index contributed by atoms with van der Waals surface area (Å²) >= 11 is 2.83. The quantitative estimate of drug-likeness (QED) is 0.394. The van der Waals surface area contributed by atoms with Crippen molar-refractivity contribution in [3.8, 4) is 0 Å². The molecule has 0 spiro atoms. The Morgan fingerprint density at radius 1 is 1.32 bits per heavy atom. The number of hydrogen-bond acceptors (Lipinski definition) is 6. The summed E-state index contributed by atoms with van der Waals surface area (Å²) in [6.45, 7) is 1.49. The van der Waals surface area contributed by atoms with E-state index in [1.165, 1.54) is 28.1 Å². The SMILES string of the molecule is CC(=O)c1cccc(NC(=O)CSc2nc3sc4c(c3c(=O)n2C)CCC4)c1. The molecule has 0 radical (unpaired) electrons. The van der Waals surface area contributed by atoms with Gasteiger partial charge in [0.15, 0.2) is 10.9 Å². The molecule has 2 heterocycles. The molecule has 0 saturated carbocycles. The number of fused-ring (bicyclic) bond motifs is 3. The number of rotatable bonds is 5. The molecule has 1 aliphatic rings. The number of anilines is 1. The number of carbonyl (C=O) groups excluding carboxylic acids is 2. The zero-order valence-corrected chi connectivity index (χ0v) is 17.2. The van der Waals surface area contributed by atoms with Gasteiger partial charge < -0.3 is 5.32 Å². The van der Waals surface area contributed by atoms with Crippen molar-refractivity contribution in [2.75, 3.05) is 11.1 Å². The van der Waals surface area contributed by atoms with Crippen LogP contribution in [0.2, 0.25) is 0 Å². The number of hydrogen-bond donors (Lipinski definition) is 1. The van der Waals surface area contributed by atoms with Crippen LogP contribution in [0.1, 0.15) is 34.1 Å². The molecule has 0 fully saturated rings. The van der Waals surface area contributed by atoms with Gasteiger partial charge in [0.1, 0.15) is 4.83 Å². The third-order valence-electron chi connectivity index (χ3n) is 4.79. The van der Waals surface area contributed by atoms with E-state index in [2.05, 4.69) is 10.3 Å². The van der Waals surface area contributed by atoms with Crippen LogP contribution in [0.25, 0.3) is 10.2 Å². The Kier molecular flexibility index (Phi) is 5.07. The first kappa shape index (κ1) is 18.9. The van der Waals surface area contributed by atoms with Crippen molar-refractivity contribution in [3.05, 3.63) is 50.6 Å². The highest BCUT2D eigenvalue weighted by Gasteiger charge is 2.22. The van der Waals surface area contributed by atoms with Crippen LogP contribution in [0.5, 0.6) is 0 Å². The van der Waals surface area contributed by atoms with E-state index in [4.69, 9.17) is 0 Å². The van der Waals surface area contributed by atoms with Crippen molar-refractivity contribution >= 4 is 50.7 Å². The standard InChI is InChI=1S/C20H19N3O3S2/c1-11(24)12-5-3-6-13(9-12)21-16(25)10-27-20-22-18-17(19(26)23(20)2)14-7-4-8-15(14)28-18/h3,5-6,9H,4,7-8,10H2,1-2H3,(H,21,25). The largest absolute Gasteiger partial charge is 0.325 e. The topological polar surface area (TPSA) is 81.1 Å². The van der Waals surface area contributed by atoms with Gasteiger partial charge in [0.25, 0.3) is 5.56 Å². The molecule has 4 rings (SSSR count). The summed E-state index contributed by atoms with van der Waals surface area (Å²) in [6, 6.07) is 6.83. The molecular formula is C20H19N3O3S2. The Morgan fingerprint density at radius 3 is 2.93 bits per heavy atom. The van der Waals surface area contributed by atoms with E-state index in [0.717, 1.165) is 35.0 Å². The van der Waals surface area contributed by atoms with Crippen LogP contribution in [-0.4, -0.2) is 27.0 Å². The maximum Gasteiger partial charge on any atom is 0.262 e. The lowest BCUT2D eigenvalue weighted by molar-refractivity contribution is -0.113. The first-order valence-electron chi connectivity index (χ1n) is 8.99. The fourth-order valence-corrected chi connectivity index (χ4v) is 5.45. The number of amides is 1. The molecule has 0 aliphatic heterocycles. The van der Waals surface area contributed by atoms with Gasteiger partial charge in [-0.15, -0.1) is 11.3 Å². The Labute approximate surface area is 170 Å². The maximum atomic E-state index is 12.8. The second kappa shape index (κ2) is 7.52. The second-order valence-corrected chi connectivity index (χ2v) is 8.80. The van der Waals surface area contributed by atoms with Crippen molar-refractivity contribution in [1.82, 2.24) is 9.55 Å². The zero-order chi connectivity index (χ0) is 19.8. The Hall–Kier alpha value is -2.45. The summed E-state index contributed by atoms with van der Waals surface area (Å²) in [4.78, 5) is 43.2. The smallest absolute Gasteiger partial charge is 0.262 e. The van der Waals surface area contributed by atoms with E-state index in [9.17, 15) is 14.4 Å². The summed E-state index contributed by atoms with van der Waals surface area (Å²) < 4.78 is 1.53. The van der Waals surface area contributed by atoms with Gasteiger partial charge in [-0.3, -0.25) is 19.0 Å². The predicted molar refractivity (Wildman–Crippen MR) is 113 cm³/mol. The molecule has 2 aromatic heterocycles. The highest BCUT2D eigenvalue weighted by atomic mass is 32.2. The van der Waals surface area contributed by atoms with Crippen molar-refractivity contribution in [1.29, 1.82) is 0 Å². The van der Waals surface area contributed by atoms with E-state index in [1.807, 2.05) is 0 Å². The second-order valence-electron chi connectivity index (χ2n) is 6.77. The number of Topliss-reactive ketones (excluding diaryl/α,β-unsaturated/α-hetero) is 1. The molecule has 0 bridgehead atoms. The summed E-state index contributed by atoms with van der Waals surface area (Å²) in [5, 5.41) is 4.06. The third kappa shape index (κ3) is 3.49. The van der Waals surface area contributed by atoms with Crippen LogP contribution in [0, 0.1) is 0 Å². The molecule has 28 heavy (non-hydrogen) atoms. The van der Waals surface area contributed by atoms with Gasteiger partial charge in [0, 0.05) is 23.2 Å². The summed E-state index contributed by atoms with van der Waals surface area (Å²) in [5.74, 6) is -0.143. The van der Waals surface area contributed by atoms with Crippen molar-refractivity contribution < 1.29 is 9.59 Å². The van der Waals surface area contributed by atoms with Crippen LogP contribution in [0.3, 0.4) is 0 Å². The van der Waals surface area contributed by atoms with E-state index in [1.54, 1.807) is 42.6 Å². The third-order valence-corrected chi connectivity index (χ3v) is 7.01. The van der Waals surface area contributed by atoms with Crippen LogP contribution < -0.4 is 10.9 Å². The van der Waals surface area contributed by atoms with Crippen molar-refractivity contribution in [2.45, 2.75) is 31.3 Å². The number of ketones is 1. The number of benzene rings is 1. The molecule has 1 aliphatic carbocycles. The van der Waals surface area contributed by atoms with E-state index in [0.29, 0.717) is 16.4 Å². The lowest BCUT2D eigenvalue weighted by Crippen LogP contribution is -2.21. The molecule has 1 amide bonds. The van der Waals surface area contributed by atoms with Gasteiger partial charge in [0.05, 0.1) is 11.1 Å². The molecule has 1 N–H and O–H groups in total. The fourth-order valence-electron chi connectivity index (χ4n) is 3.38. The average Bonchev–Trinajstić information content (AvgIpc) is 3.24. The minimum absolute atomic E-state index is 0.0403. The number of nitrogens with one attached hydrogen (secondary N) is 1. The highest BCUT2D eigenvalue weighted by molar-refractivity contribution is 7.99. The Balaban J connectivity index is 1.50. The zero-order valence-electron chi connectivity index (χ0n) is 15.6. The first-order chi connectivity index (χ1) is 13.4. The summed E-state index contributed by atoms with van der Waals surface area (Å²) in [7, 11) is 1.70. The number of aryl methyl sites for hydroxylation is 2. The van der Waals surface area contributed by atoms with Crippen molar-refractivity contribution in [2.24, 2.45) is 7.05 Å². The molecule has 3 aromatic rings. The van der Waals surface area contributed by atoms with Crippen LogP contribution >= 0.6 is 23.1 Å². The van der Waals surface area contributed by atoms with Crippen LogP contribution in [0.4, 0.5) is 5.69 Å². The predicted octanol–water partition coefficient (Wildman–Crippen LogP) is 3.42. The van der Waals surface area contributed by atoms with E-state index >= 15 is 0 Å². The number of aromatic nitrogens is 2. The van der Waals surface area contributed by atoms with Gasteiger partial charge in [-0.25, -0.2) is 4.98 Å². The van der Waals surface area contributed by atoms with Crippen LogP contribution in [-0.2, 0) is 24.7 Å². The molecule has 144 valence electrons. The molecule has 1 aromatic carbocycles. The number of thiophene rings is 1. The van der Waals surface area contributed by atoms with Gasteiger partial charge >= 0.3 is 0 Å². The highest BCUT2D eigenvalue weighted by Crippen LogP contribution is 2.35. The maximum absolute atomic E-state index is 12.8. The van der Waals surface area contributed by atoms with Gasteiger partial charge in [0.2, 0.25) is 5.91 Å². The first-order valence-corrected chi connectivity index (χ1v) is 10.8. The molecule has 6 nitrogen and oxygen atoms in total. The lowest BCUT2D eigenvalue weighted by atomic mass is 10.1. The van der Waals surface area contributed by atoms with Gasteiger partial charge in [-0.2, -0.15) is 0 Å². The summed E-state index contributed by atoms with van der Waals surface area (Å²) in [5.41, 5.74) is 2.24.